The fourth-order valence-electron chi connectivity index (χ4n) is 8.54. The summed E-state index contributed by atoms with van der Waals surface area (Å²) in [6.45, 7) is 0. The van der Waals surface area contributed by atoms with E-state index >= 15 is 0 Å². The first-order chi connectivity index (χ1) is 30.2. The van der Waals surface area contributed by atoms with Gasteiger partial charge < -0.3 is 9.97 Å². The Kier molecular flexibility index (Phi) is 9.11. The van der Waals surface area contributed by atoms with E-state index in [2.05, 4.69) is 234 Å². The van der Waals surface area contributed by atoms with Crippen LogP contribution in [0.5, 0.6) is 0 Å². The fraction of sp³-hybridized carbons (Fsp3) is 0.0175. The van der Waals surface area contributed by atoms with Gasteiger partial charge in [0.25, 0.3) is 0 Å². The van der Waals surface area contributed by atoms with Gasteiger partial charge in [-0.2, -0.15) is 0 Å². The van der Waals surface area contributed by atoms with E-state index in [0.717, 1.165) is 100 Å². The summed E-state index contributed by atoms with van der Waals surface area (Å²) in [5, 5.41) is 0. The van der Waals surface area contributed by atoms with Crippen LogP contribution in [-0.4, -0.2) is 19.9 Å². The third kappa shape index (κ3) is 6.95. The maximum Gasteiger partial charge on any atom is 0.0737 e. The van der Waals surface area contributed by atoms with Gasteiger partial charge in [0.15, 0.2) is 0 Å². The number of aromatic amines is 2. The van der Waals surface area contributed by atoms with Gasteiger partial charge in [0.05, 0.1) is 22.8 Å². The zero-order chi connectivity index (χ0) is 40.5. The van der Waals surface area contributed by atoms with Crippen molar-refractivity contribution in [3.63, 3.8) is 0 Å². The molecule has 8 bridgehead atoms. The number of fused-ring (bicyclic) bond motifs is 8. The van der Waals surface area contributed by atoms with Crippen LogP contribution in [0.1, 0.15) is 45.4 Å². The highest BCUT2D eigenvalue weighted by Crippen LogP contribution is 2.38. The van der Waals surface area contributed by atoms with Gasteiger partial charge in [-0.05, 0) is 101 Å². The number of benzene rings is 5. The molecule has 0 fully saturated rings. The number of hydrogen-bond acceptors (Lipinski definition) is 2. The molecule has 0 unspecified atom stereocenters. The first-order valence-electron chi connectivity index (χ1n) is 20.6. The van der Waals surface area contributed by atoms with E-state index in [4.69, 9.17) is 9.97 Å². The van der Waals surface area contributed by atoms with Crippen molar-refractivity contribution in [2.75, 3.05) is 0 Å². The Hall–Kier alpha value is -8.26. The first-order valence-corrected chi connectivity index (χ1v) is 20.6. The molecule has 5 aromatic carbocycles. The lowest BCUT2D eigenvalue weighted by Crippen LogP contribution is -1.90. The van der Waals surface area contributed by atoms with Gasteiger partial charge in [-0.25, -0.2) is 9.97 Å². The maximum absolute atomic E-state index is 5.45. The second kappa shape index (κ2) is 15.5. The summed E-state index contributed by atoms with van der Waals surface area (Å²) in [6.07, 6.45) is 17.2. The molecule has 61 heavy (non-hydrogen) atoms. The van der Waals surface area contributed by atoms with Crippen molar-refractivity contribution in [3.05, 3.63) is 228 Å². The third-order valence-corrected chi connectivity index (χ3v) is 11.5. The average molecular weight is 779 g/mol. The molecule has 0 saturated carbocycles. The fourth-order valence-corrected chi connectivity index (χ4v) is 8.54. The van der Waals surface area contributed by atoms with Crippen LogP contribution < -0.4 is 0 Å². The van der Waals surface area contributed by atoms with Gasteiger partial charge in [-0.15, -0.1) is 0 Å². The van der Waals surface area contributed by atoms with E-state index in [1.54, 1.807) is 0 Å². The molecule has 11 rings (SSSR count). The number of H-pyrrole nitrogens is 2. The summed E-state index contributed by atoms with van der Waals surface area (Å²) in [7, 11) is 0. The summed E-state index contributed by atoms with van der Waals surface area (Å²) >= 11 is 0. The third-order valence-electron chi connectivity index (χ3n) is 11.5. The Labute approximate surface area is 354 Å². The molecule has 286 valence electrons. The Morgan fingerprint density at radius 3 is 1.03 bits per heavy atom. The quantitative estimate of drug-likeness (QED) is 0.171. The lowest BCUT2D eigenvalue weighted by Gasteiger charge is -2.07. The van der Waals surface area contributed by atoms with Crippen molar-refractivity contribution in [3.8, 4) is 56.3 Å². The lowest BCUT2D eigenvalue weighted by molar-refractivity contribution is 1.10. The Balaban J connectivity index is 1.14. The van der Waals surface area contributed by atoms with Crippen molar-refractivity contribution >= 4 is 46.4 Å². The van der Waals surface area contributed by atoms with Gasteiger partial charge in [0.1, 0.15) is 0 Å². The Morgan fingerprint density at radius 1 is 0.344 bits per heavy atom. The van der Waals surface area contributed by atoms with Crippen molar-refractivity contribution in [1.82, 2.24) is 19.9 Å². The van der Waals surface area contributed by atoms with Crippen molar-refractivity contribution in [1.29, 1.82) is 0 Å². The number of hydrogen-bond donors (Lipinski definition) is 2. The zero-order valence-electron chi connectivity index (χ0n) is 33.2. The summed E-state index contributed by atoms with van der Waals surface area (Å²) < 4.78 is 0. The molecule has 2 aliphatic heterocycles. The van der Waals surface area contributed by atoms with Gasteiger partial charge in [0, 0.05) is 61.4 Å². The minimum atomic E-state index is 0.341. The van der Waals surface area contributed by atoms with Crippen molar-refractivity contribution < 1.29 is 0 Å². The van der Waals surface area contributed by atoms with E-state index in [0.29, 0.717) is 5.92 Å². The molecule has 3 aliphatic rings. The largest absolute Gasteiger partial charge is 0.354 e. The number of aromatic nitrogens is 4. The van der Waals surface area contributed by atoms with E-state index < -0.39 is 0 Å². The van der Waals surface area contributed by atoms with Gasteiger partial charge in [-0.1, -0.05) is 151 Å². The van der Waals surface area contributed by atoms with Crippen LogP contribution in [0, 0.1) is 11.8 Å². The number of nitrogens with one attached hydrogen (secondary N) is 2. The molecule has 1 aliphatic carbocycles. The topological polar surface area (TPSA) is 57.4 Å². The molecule has 4 nitrogen and oxygen atoms in total. The van der Waals surface area contributed by atoms with E-state index in [-0.39, 0.29) is 0 Å². The molecule has 0 spiro atoms. The van der Waals surface area contributed by atoms with Crippen LogP contribution >= 0.6 is 0 Å². The second-order valence-corrected chi connectivity index (χ2v) is 15.3. The Morgan fingerprint density at radius 2 is 0.672 bits per heavy atom. The molecule has 0 radical (unpaired) electrons. The molecule has 8 aromatic rings. The molecule has 0 saturated heterocycles. The van der Waals surface area contributed by atoms with Crippen LogP contribution in [0.3, 0.4) is 0 Å². The number of allylic oxidation sites excluding steroid dienone is 4. The van der Waals surface area contributed by atoms with E-state index in [1.807, 2.05) is 0 Å². The molecule has 2 N–H and O–H groups in total. The minimum absolute atomic E-state index is 0.341. The molecular formula is C57H38N4. The standard InChI is InChI=1S/C57H38N4/c1-4-14-42(15-5-1)54-46-30-32-48(58-46)55(43-16-6-2-7-17-43)50-34-36-52(60-50)57(53-37-35-51(61-53)56(44-18-8-3-9-19-44)49-33-31-47(54)59-49)45-28-24-39(25-29-45)21-20-38-22-26-41(27-23-38)40-12-10-11-13-40/h1-19,22-37,40,58,61H. The van der Waals surface area contributed by atoms with Gasteiger partial charge >= 0.3 is 0 Å². The van der Waals surface area contributed by atoms with Crippen LogP contribution in [-0.2, 0) is 0 Å². The molecule has 3 aromatic heterocycles. The summed E-state index contributed by atoms with van der Waals surface area (Å²) in [4.78, 5) is 18.5. The predicted octanol–water partition coefficient (Wildman–Crippen LogP) is 13.9. The highest BCUT2D eigenvalue weighted by atomic mass is 14.8. The lowest BCUT2D eigenvalue weighted by atomic mass is 9.99. The van der Waals surface area contributed by atoms with Gasteiger partial charge in [-0.3, -0.25) is 0 Å². The van der Waals surface area contributed by atoms with Crippen molar-refractivity contribution in [2.45, 2.75) is 5.92 Å². The maximum atomic E-state index is 5.45. The summed E-state index contributed by atoms with van der Waals surface area (Å²) in [6, 6.07) is 57.2. The minimum Gasteiger partial charge on any atom is -0.354 e. The van der Waals surface area contributed by atoms with E-state index in [1.165, 1.54) is 5.56 Å². The SMILES string of the molecule is C(#Cc1ccc(C2C=CC=C2)cc1)c1ccc(-c2c3nc(c(-c4ccccc4)c4ccc([nH]4)c(-c4ccccc4)c4nc(c(-c5ccccc5)c5ccc2[nH]5)C=C4)C=C3)cc1. The highest BCUT2D eigenvalue weighted by molar-refractivity contribution is 5.99. The van der Waals surface area contributed by atoms with Crippen LogP contribution in [0.4, 0.5) is 0 Å². The van der Waals surface area contributed by atoms with E-state index in [9.17, 15) is 0 Å². The smallest absolute Gasteiger partial charge is 0.0737 e. The number of nitrogens with zero attached hydrogens (tertiary/aromatic N) is 2. The monoisotopic (exact) mass is 778 g/mol. The second-order valence-electron chi connectivity index (χ2n) is 15.3. The normalized spacial score (nSPS) is 12.8. The van der Waals surface area contributed by atoms with Crippen LogP contribution in [0.2, 0.25) is 0 Å². The zero-order valence-corrected chi connectivity index (χ0v) is 33.2. The van der Waals surface area contributed by atoms with Gasteiger partial charge in [0.2, 0.25) is 0 Å². The molecule has 0 amide bonds. The molecule has 5 heterocycles. The molecular weight excluding hydrogens is 741 g/mol. The predicted molar refractivity (Wildman–Crippen MR) is 254 cm³/mol. The first kappa shape index (κ1) is 35.9. The number of rotatable bonds is 5. The summed E-state index contributed by atoms with van der Waals surface area (Å²) in [5.41, 5.74) is 19.0. The van der Waals surface area contributed by atoms with Crippen LogP contribution in [0.25, 0.3) is 90.9 Å². The molecule has 0 atom stereocenters. The van der Waals surface area contributed by atoms with Crippen LogP contribution in [0.15, 0.2) is 188 Å². The van der Waals surface area contributed by atoms with Crippen molar-refractivity contribution in [2.24, 2.45) is 0 Å². The average Bonchev–Trinajstić information content (AvgIpc) is 4.18. The summed E-state index contributed by atoms with van der Waals surface area (Å²) in [5.74, 6) is 7.11. The molecule has 4 heteroatoms. The Bertz CT molecular complexity index is 3270. The highest BCUT2D eigenvalue weighted by Gasteiger charge is 2.19.